The molecular formula is C13H7BrClFN2O. The molecular weight excluding hydrogens is 335 g/mol. The molecule has 1 aromatic heterocycles. The third-order valence-electron chi connectivity index (χ3n) is 2.60. The monoisotopic (exact) mass is 340 g/mol. The fourth-order valence-electron chi connectivity index (χ4n) is 1.78. The number of fused-ring (bicyclic) bond motifs is 1. The van der Waals surface area contributed by atoms with Gasteiger partial charge < -0.3 is 10.2 Å². The van der Waals surface area contributed by atoms with E-state index in [0.717, 1.165) is 4.47 Å². The van der Waals surface area contributed by atoms with Gasteiger partial charge in [0.05, 0.1) is 5.02 Å². The molecule has 96 valence electrons. The molecule has 0 aliphatic carbocycles. The number of benzene rings is 2. The van der Waals surface area contributed by atoms with Gasteiger partial charge in [0.1, 0.15) is 11.3 Å². The van der Waals surface area contributed by atoms with E-state index in [1.165, 1.54) is 12.1 Å². The van der Waals surface area contributed by atoms with E-state index in [1.54, 1.807) is 12.1 Å². The van der Waals surface area contributed by atoms with E-state index in [4.69, 9.17) is 21.8 Å². The highest BCUT2D eigenvalue weighted by molar-refractivity contribution is 9.10. The second-order valence-corrected chi connectivity index (χ2v) is 5.35. The summed E-state index contributed by atoms with van der Waals surface area (Å²) in [6, 6.07) is 7.96. The lowest BCUT2D eigenvalue weighted by molar-refractivity contribution is 0.602. The summed E-state index contributed by atoms with van der Waals surface area (Å²) in [7, 11) is 0. The highest BCUT2D eigenvalue weighted by atomic mass is 79.9. The van der Waals surface area contributed by atoms with Crippen LogP contribution in [-0.2, 0) is 0 Å². The van der Waals surface area contributed by atoms with Gasteiger partial charge >= 0.3 is 0 Å². The first-order valence-corrected chi connectivity index (χ1v) is 6.52. The third kappa shape index (κ3) is 2.31. The number of hydrogen-bond donors (Lipinski definition) is 1. The van der Waals surface area contributed by atoms with Crippen LogP contribution in [0.4, 0.5) is 10.1 Å². The minimum atomic E-state index is -0.536. The van der Waals surface area contributed by atoms with E-state index in [9.17, 15) is 4.39 Å². The summed E-state index contributed by atoms with van der Waals surface area (Å²) in [5, 5.41) is 0.0149. The van der Waals surface area contributed by atoms with Crippen molar-refractivity contribution in [3.05, 3.63) is 45.6 Å². The number of rotatable bonds is 1. The van der Waals surface area contributed by atoms with E-state index < -0.39 is 5.82 Å². The first-order chi connectivity index (χ1) is 9.02. The van der Waals surface area contributed by atoms with Crippen LogP contribution in [0.2, 0.25) is 5.02 Å². The SMILES string of the molecule is Nc1cc(Br)cc(-c2nc3cc(Cl)c(F)cc3o2)c1. The summed E-state index contributed by atoms with van der Waals surface area (Å²) in [5.41, 5.74) is 7.89. The van der Waals surface area contributed by atoms with E-state index in [0.29, 0.717) is 28.2 Å². The Morgan fingerprint density at radius 3 is 2.74 bits per heavy atom. The lowest BCUT2D eigenvalue weighted by atomic mass is 10.2. The van der Waals surface area contributed by atoms with Crippen LogP contribution in [0.1, 0.15) is 0 Å². The van der Waals surface area contributed by atoms with E-state index in [-0.39, 0.29) is 5.02 Å². The molecule has 0 spiro atoms. The number of nitrogens with zero attached hydrogens (tertiary/aromatic N) is 1. The second kappa shape index (κ2) is 4.51. The molecule has 19 heavy (non-hydrogen) atoms. The molecule has 6 heteroatoms. The van der Waals surface area contributed by atoms with Crippen LogP contribution >= 0.6 is 27.5 Å². The minimum Gasteiger partial charge on any atom is -0.436 e. The van der Waals surface area contributed by atoms with Gasteiger partial charge in [0.15, 0.2) is 5.58 Å². The van der Waals surface area contributed by atoms with Crippen molar-refractivity contribution in [1.82, 2.24) is 4.98 Å². The van der Waals surface area contributed by atoms with Gasteiger partial charge in [-0.1, -0.05) is 27.5 Å². The molecule has 3 rings (SSSR count). The second-order valence-electron chi connectivity index (χ2n) is 4.03. The average molecular weight is 342 g/mol. The number of anilines is 1. The van der Waals surface area contributed by atoms with Crippen LogP contribution in [0.25, 0.3) is 22.6 Å². The van der Waals surface area contributed by atoms with Crippen molar-refractivity contribution in [2.45, 2.75) is 0 Å². The minimum absolute atomic E-state index is 0.0149. The molecule has 0 saturated heterocycles. The zero-order valence-corrected chi connectivity index (χ0v) is 11.8. The fourth-order valence-corrected chi connectivity index (χ4v) is 2.45. The number of aromatic nitrogens is 1. The van der Waals surface area contributed by atoms with Crippen molar-refractivity contribution < 1.29 is 8.81 Å². The molecule has 0 fully saturated rings. The molecule has 0 atom stereocenters. The largest absolute Gasteiger partial charge is 0.436 e. The molecule has 0 bridgehead atoms. The van der Waals surface area contributed by atoms with Gasteiger partial charge in [0.25, 0.3) is 0 Å². The van der Waals surface area contributed by atoms with Gasteiger partial charge in [-0.2, -0.15) is 0 Å². The zero-order chi connectivity index (χ0) is 13.6. The Hall–Kier alpha value is -1.59. The number of nitrogen functional groups attached to an aromatic ring is 1. The molecule has 2 N–H and O–H groups in total. The number of hydrogen-bond acceptors (Lipinski definition) is 3. The van der Waals surface area contributed by atoms with Crippen molar-refractivity contribution in [2.24, 2.45) is 0 Å². The molecule has 0 saturated carbocycles. The Kier molecular flexibility index (Phi) is 2.95. The number of halogens is 3. The molecule has 3 nitrogen and oxygen atoms in total. The van der Waals surface area contributed by atoms with Crippen LogP contribution in [-0.4, -0.2) is 4.98 Å². The Balaban J connectivity index is 2.20. The summed E-state index contributed by atoms with van der Waals surface area (Å²) >= 11 is 9.06. The zero-order valence-electron chi connectivity index (χ0n) is 9.45. The van der Waals surface area contributed by atoms with Crippen LogP contribution in [0.5, 0.6) is 0 Å². The predicted molar refractivity (Wildman–Crippen MR) is 76.5 cm³/mol. The van der Waals surface area contributed by atoms with Gasteiger partial charge in [0.2, 0.25) is 5.89 Å². The van der Waals surface area contributed by atoms with Gasteiger partial charge in [0, 0.05) is 21.8 Å². The van der Waals surface area contributed by atoms with Crippen molar-refractivity contribution in [2.75, 3.05) is 5.73 Å². The van der Waals surface area contributed by atoms with Crippen LogP contribution in [0.15, 0.2) is 39.2 Å². The maximum atomic E-state index is 13.3. The Labute approximate surface area is 121 Å². The fraction of sp³-hybridized carbons (Fsp3) is 0. The standard InChI is InChI=1S/C13H7BrClFN2O/c14-7-1-6(2-8(17)3-7)13-18-11-4-9(15)10(16)5-12(11)19-13/h1-5H,17H2. The summed E-state index contributed by atoms with van der Waals surface area (Å²) in [6.45, 7) is 0. The Bertz CT molecular complexity index is 728. The van der Waals surface area contributed by atoms with Crippen molar-refractivity contribution in [3.63, 3.8) is 0 Å². The van der Waals surface area contributed by atoms with Gasteiger partial charge in [-0.3, -0.25) is 0 Å². The molecule has 1 heterocycles. The Morgan fingerprint density at radius 2 is 2.00 bits per heavy atom. The highest BCUT2D eigenvalue weighted by Gasteiger charge is 2.12. The van der Waals surface area contributed by atoms with Crippen LogP contribution in [0.3, 0.4) is 0 Å². The molecule has 2 aromatic carbocycles. The summed E-state index contributed by atoms with van der Waals surface area (Å²) < 4.78 is 19.7. The molecule has 0 aliphatic heterocycles. The predicted octanol–water partition coefficient (Wildman–Crippen LogP) is 4.63. The molecule has 0 radical (unpaired) electrons. The molecule has 0 unspecified atom stereocenters. The topological polar surface area (TPSA) is 52.0 Å². The first-order valence-electron chi connectivity index (χ1n) is 5.35. The third-order valence-corrected chi connectivity index (χ3v) is 3.35. The van der Waals surface area contributed by atoms with E-state index in [1.807, 2.05) is 6.07 Å². The molecule has 0 aliphatic rings. The van der Waals surface area contributed by atoms with Gasteiger partial charge in [-0.25, -0.2) is 9.37 Å². The van der Waals surface area contributed by atoms with Crippen LogP contribution in [0, 0.1) is 5.82 Å². The first kappa shape index (κ1) is 12.4. The van der Waals surface area contributed by atoms with E-state index in [2.05, 4.69) is 20.9 Å². The van der Waals surface area contributed by atoms with Gasteiger partial charge in [-0.05, 0) is 24.3 Å². The highest BCUT2D eigenvalue weighted by Crippen LogP contribution is 2.30. The number of oxazole rings is 1. The molecule has 3 aromatic rings. The smallest absolute Gasteiger partial charge is 0.227 e. The van der Waals surface area contributed by atoms with E-state index >= 15 is 0 Å². The van der Waals surface area contributed by atoms with Crippen molar-refractivity contribution in [3.8, 4) is 11.5 Å². The average Bonchev–Trinajstić information content (AvgIpc) is 2.71. The summed E-state index contributed by atoms with van der Waals surface area (Å²) in [5.74, 6) is -0.171. The quantitative estimate of drug-likeness (QED) is 0.656. The number of nitrogens with two attached hydrogens (primary N) is 1. The Morgan fingerprint density at radius 1 is 1.21 bits per heavy atom. The maximum Gasteiger partial charge on any atom is 0.227 e. The lowest BCUT2D eigenvalue weighted by Crippen LogP contribution is -1.86. The van der Waals surface area contributed by atoms with Crippen LogP contribution < -0.4 is 5.73 Å². The molecule has 0 amide bonds. The summed E-state index contributed by atoms with van der Waals surface area (Å²) in [6.07, 6.45) is 0. The maximum absolute atomic E-state index is 13.3. The normalized spacial score (nSPS) is 11.1. The van der Waals surface area contributed by atoms with Crippen molar-refractivity contribution >= 4 is 44.3 Å². The van der Waals surface area contributed by atoms with Gasteiger partial charge in [-0.15, -0.1) is 0 Å². The summed E-state index contributed by atoms with van der Waals surface area (Å²) in [4.78, 5) is 4.27. The lowest BCUT2D eigenvalue weighted by Gasteiger charge is -1.99. The van der Waals surface area contributed by atoms with Crippen molar-refractivity contribution in [1.29, 1.82) is 0 Å².